The fourth-order valence-corrected chi connectivity index (χ4v) is 6.88. The number of nitrogens with zero attached hydrogens (tertiary/aromatic N) is 3. The minimum absolute atomic E-state index is 0.0377. The zero-order valence-corrected chi connectivity index (χ0v) is 21.0. The summed E-state index contributed by atoms with van der Waals surface area (Å²) >= 11 is 0. The average Bonchev–Trinajstić information content (AvgIpc) is 3.15. The Balaban J connectivity index is 0.000000709. The van der Waals surface area contributed by atoms with E-state index in [1.165, 1.54) is 35.2 Å². The van der Waals surface area contributed by atoms with Gasteiger partial charge in [-0.2, -0.15) is 17.1 Å². The molecule has 1 N–H and O–H groups in total. The number of benzene rings is 1. The number of carbonyl (C=O) groups excluding carboxylic acids is 1. The zero-order valence-electron chi connectivity index (χ0n) is 19.4. The van der Waals surface area contributed by atoms with Gasteiger partial charge in [-0.05, 0) is 25.3 Å². The van der Waals surface area contributed by atoms with Crippen LogP contribution in [0, 0.1) is 0 Å². The van der Waals surface area contributed by atoms with Crippen LogP contribution < -0.4 is 0 Å². The summed E-state index contributed by atoms with van der Waals surface area (Å²) in [5.41, 5.74) is 0.278. The third kappa shape index (κ3) is 4.71. The number of carbonyl (C=O) groups is 1. The molecule has 182 valence electrons. The summed E-state index contributed by atoms with van der Waals surface area (Å²) < 4.78 is 55.4. The van der Waals surface area contributed by atoms with Crippen molar-refractivity contribution in [3.05, 3.63) is 40.7 Å². The summed E-state index contributed by atoms with van der Waals surface area (Å²) in [5.74, 6) is -0.708. The fourth-order valence-electron chi connectivity index (χ4n) is 3.88. The molecule has 0 aromatic heterocycles. The molecule has 1 amide bonds. The van der Waals surface area contributed by atoms with Crippen molar-refractivity contribution in [2.24, 2.45) is 4.40 Å². The number of aliphatic hydroxyl groups excluding tert-OH is 1. The third-order valence-corrected chi connectivity index (χ3v) is 9.45. The van der Waals surface area contributed by atoms with Gasteiger partial charge in [-0.25, -0.2) is 8.42 Å². The Kier molecular flexibility index (Phi) is 7.35. The lowest BCUT2D eigenvalue weighted by molar-refractivity contribution is -0.125. The number of likely N-dealkylation sites (N-methyl/N-ethyl adjacent to an activating group) is 1. The number of hydrogen-bond donors (Lipinski definition) is 1. The summed E-state index contributed by atoms with van der Waals surface area (Å²) in [6.07, 6.45) is 3.93. The molecule has 3 aliphatic heterocycles. The van der Waals surface area contributed by atoms with Crippen LogP contribution in [0.5, 0.6) is 0 Å². The summed E-state index contributed by atoms with van der Waals surface area (Å²) in [5, 5.41) is 10.4. The first-order valence-corrected chi connectivity index (χ1v) is 14.2. The minimum Gasteiger partial charge on any atom is -0.509 e. The third-order valence-electron chi connectivity index (χ3n) is 6.12. The highest BCUT2D eigenvalue weighted by atomic mass is 32.2. The Hall–Kier alpha value is -2.24. The van der Waals surface area contributed by atoms with E-state index in [-0.39, 0.29) is 39.8 Å². The molecule has 0 aliphatic carbocycles. The Labute approximate surface area is 195 Å². The van der Waals surface area contributed by atoms with Crippen LogP contribution in [0.15, 0.2) is 38.8 Å². The van der Waals surface area contributed by atoms with Crippen LogP contribution in [0.4, 0.5) is 0 Å². The van der Waals surface area contributed by atoms with Gasteiger partial charge in [-0.15, -0.1) is 0 Å². The van der Waals surface area contributed by atoms with Gasteiger partial charge < -0.3 is 10.0 Å². The van der Waals surface area contributed by atoms with Gasteiger partial charge in [0.15, 0.2) is 0 Å². The molecule has 1 atom stereocenters. The number of amides is 1. The molecule has 11 heteroatoms. The first-order chi connectivity index (χ1) is 15.5. The molecule has 3 aliphatic rings. The van der Waals surface area contributed by atoms with E-state index in [4.69, 9.17) is 0 Å². The van der Waals surface area contributed by atoms with E-state index in [0.717, 1.165) is 0 Å². The maximum absolute atomic E-state index is 12.8. The Bertz CT molecular complexity index is 1220. The number of aliphatic hydroxyl groups is 1. The van der Waals surface area contributed by atoms with Gasteiger partial charge in [-0.1, -0.05) is 44.9 Å². The first-order valence-electron chi connectivity index (χ1n) is 11.1. The smallest absolute Gasteiger partial charge is 0.283 e. The van der Waals surface area contributed by atoms with Crippen molar-refractivity contribution < 1.29 is 26.7 Å². The monoisotopic (exact) mass is 497 g/mol. The second-order valence-corrected chi connectivity index (χ2v) is 12.0. The Morgan fingerprint density at radius 2 is 1.79 bits per heavy atom. The average molecular weight is 498 g/mol. The highest BCUT2D eigenvalue weighted by Gasteiger charge is 2.43. The second-order valence-electron chi connectivity index (χ2n) is 8.42. The Morgan fingerprint density at radius 1 is 1.12 bits per heavy atom. The van der Waals surface area contributed by atoms with Gasteiger partial charge in [0, 0.05) is 25.7 Å². The molecule has 1 aromatic rings. The molecule has 3 heterocycles. The van der Waals surface area contributed by atoms with E-state index in [9.17, 15) is 26.7 Å². The number of rotatable bonds is 4. The quantitative estimate of drug-likeness (QED) is 0.682. The topological polar surface area (TPSA) is 124 Å². The molecule has 9 nitrogen and oxygen atoms in total. The van der Waals surface area contributed by atoms with Crippen LogP contribution in [0.1, 0.15) is 57.6 Å². The van der Waals surface area contributed by atoms with Crippen LogP contribution in [0.2, 0.25) is 0 Å². The highest BCUT2D eigenvalue weighted by molar-refractivity contribution is 7.91. The lowest BCUT2D eigenvalue weighted by atomic mass is 9.99. The van der Waals surface area contributed by atoms with Gasteiger partial charge in [-0.3, -0.25) is 4.79 Å². The summed E-state index contributed by atoms with van der Waals surface area (Å²) in [6, 6.07) is 4.08. The number of sulfonamides is 2. The molecular formula is C22H31N3O6S2. The van der Waals surface area contributed by atoms with Crippen LogP contribution >= 0.6 is 0 Å². The van der Waals surface area contributed by atoms with Crippen molar-refractivity contribution >= 4 is 31.7 Å². The molecule has 1 fully saturated rings. The summed E-state index contributed by atoms with van der Waals surface area (Å²) in [4.78, 5) is 13.8. The number of fused-ring (bicyclic) bond motifs is 1. The van der Waals surface area contributed by atoms with E-state index >= 15 is 0 Å². The second kappa shape index (κ2) is 9.55. The largest absolute Gasteiger partial charge is 0.509 e. The van der Waals surface area contributed by atoms with E-state index in [1.807, 2.05) is 0 Å². The molecule has 0 spiro atoms. The van der Waals surface area contributed by atoms with Gasteiger partial charge in [0.2, 0.25) is 10.0 Å². The van der Waals surface area contributed by atoms with Gasteiger partial charge in [0.25, 0.3) is 15.9 Å². The van der Waals surface area contributed by atoms with Crippen LogP contribution in [0.25, 0.3) is 0 Å². The SMILES string of the molecule is CCCC.C[C@H]1C(O)=C(C2=NS(=O)(=O)c3c(CN4CCCCS4(=O)=O)cccc32)C(=O)N1C. The van der Waals surface area contributed by atoms with Gasteiger partial charge in [0.1, 0.15) is 21.9 Å². The lowest BCUT2D eigenvalue weighted by Gasteiger charge is -2.26. The van der Waals surface area contributed by atoms with Crippen molar-refractivity contribution in [1.82, 2.24) is 9.21 Å². The molecule has 0 unspecified atom stereocenters. The number of hydrogen-bond acceptors (Lipinski definition) is 6. The predicted octanol–water partition coefficient (Wildman–Crippen LogP) is 2.58. The highest BCUT2D eigenvalue weighted by Crippen LogP contribution is 2.36. The maximum atomic E-state index is 12.8. The molecule has 0 radical (unpaired) electrons. The predicted molar refractivity (Wildman–Crippen MR) is 126 cm³/mol. The Morgan fingerprint density at radius 3 is 2.33 bits per heavy atom. The molecule has 1 saturated heterocycles. The lowest BCUT2D eigenvalue weighted by Crippen LogP contribution is -2.37. The maximum Gasteiger partial charge on any atom is 0.283 e. The van der Waals surface area contributed by atoms with Crippen molar-refractivity contribution in [2.75, 3.05) is 19.3 Å². The van der Waals surface area contributed by atoms with Gasteiger partial charge in [0.05, 0.1) is 11.8 Å². The van der Waals surface area contributed by atoms with E-state index in [0.29, 0.717) is 24.9 Å². The molecule has 0 bridgehead atoms. The van der Waals surface area contributed by atoms with Crippen molar-refractivity contribution in [1.29, 1.82) is 0 Å². The molecule has 4 rings (SSSR count). The molecule has 0 saturated carbocycles. The summed E-state index contributed by atoms with van der Waals surface area (Å²) in [6.45, 7) is 6.23. The van der Waals surface area contributed by atoms with Crippen LogP contribution in [-0.4, -0.2) is 68.2 Å². The fraction of sp³-hybridized carbons (Fsp3) is 0.545. The van der Waals surface area contributed by atoms with E-state index in [1.54, 1.807) is 19.1 Å². The van der Waals surface area contributed by atoms with E-state index < -0.39 is 32.0 Å². The van der Waals surface area contributed by atoms with E-state index in [2.05, 4.69) is 18.2 Å². The van der Waals surface area contributed by atoms with Gasteiger partial charge >= 0.3 is 0 Å². The van der Waals surface area contributed by atoms with Crippen molar-refractivity contribution in [3.8, 4) is 0 Å². The van der Waals surface area contributed by atoms with Crippen molar-refractivity contribution in [3.63, 3.8) is 0 Å². The zero-order chi connectivity index (χ0) is 24.6. The minimum atomic E-state index is -4.14. The summed E-state index contributed by atoms with van der Waals surface area (Å²) in [7, 11) is -6.08. The molecule has 1 aromatic carbocycles. The normalized spacial score (nSPS) is 23.8. The molecular weight excluding hydrogens is 466 g/mol. The molecule has 33 heavy (non-hydrogen) atoms. The van der Waals surface area contributed by atoms with Crippen LogP contribution in [0.3, 0.4) is 0 Å². The van der Waals surface area contributed by atoms with Crippen LogP contribution in [-0.2, 0) is 31.4 Å². The number of unbranched alkanes of at least 4 members (excludes halogenated alkanes) is 1. The standard InChI is InChI=1S/C18H21N3O6S2.C4H10/c1-11-16(22)14(18(23)20(11)2)15-13-7-5-6-12(17(13)29(26,27)19-15)10-21-8-3-4-9-28(21,24)25;1-3-4-2/h5-7,11,22H,3-4,8-10H2,1-2H3;3-4H2,1-2H3/t11-;/m0./s1. The first kappa shape index (κ1) is 25.4. The van der Waals surface area contributed by atoms with Crippen molar-refractivity contribution in [2.45, 2.75) is 63.9 Å².